The molecule has 3 nitrogen and oxygen atoms in total. The highest BCUT2D eigenvalue weighted by Crippen LogP contribution is 2.38. The molecule has 0 fully saturated rings. The molecule has 0 saturated carbocycles. The predicted molar refractivity (Wildman–Crippen MR) is 110 cm³/mol. The van der Waals surface area contributed by atoms with Crippen LogP contribution in [-0.2, 0) is 21.6 Å². The third kappa shape index (κ3) is 5.58. The molecule has 2 rings (SSSR count). The zero-order valence-corrected chi connectivity index (χ0v) is 16.3. The van der Waals surface area contributed by atoms with E-state index in [4.69, 9.17) is 11.6 Å². The highest BCUT2D eigenvalue weighted by molar-refractivity contribution is 5.85. The van der Waals surface area contributed by atoms with Gasteiger partial charge in [-0.15, -0.1) is 12.4 Å². The smallest absolute Gasteiger partial charge is 0.306 e. The first-order chi connectivity index (χ1) is 13.9. The van der Waals surface area contributed by atoms with Crippen LogP contribution < -0.4 is 0 Å². The molecule has 0 aromatic heterocycles. The van der Waals surface area contributed by atoms with Gasteiger partial charge in [0.25, 0.3) is 0 Å². The van der Waals surface area contributed by atoms with E-state index in [0.29, 0.717) is 12.1 Å². The number of nitrogens with zero attached hydrogens (tertiary/aromatic N) is 1. The van der Waals surface area contributed by atoms with E-state index in [1.54, 1.807) is 0 Å². The molecule has 0 saturated heterocycles. The third-order valence-corrected chi connectivity index (χ3v) is 4.38. The fourth-order valence-corrected chi connectivity index (χ4v) is 3.26. The Labute approximate surface area is 170 Å². The molecule has 0 aliphatic carbocycles. The van der Waals surface area contributed by atoms with Crippen molar-refractivity contribution < 1.29 is 16.4 Å². The molecule has 2 atom stereocenters. The van der Waals surface area contributed by atoms with Crippen LogP contribution in [0.2, 0.25) is 0 Å². The predicted octanol–water partition coefficient (Wildman–Crippen LogP) is 4.70. The summed E-state index contributed by atoms with van der Waals surface area (Å²) in [6.07, 6.45) is -2.84. The van der Waals surface area contributed by atoms with Gasteiger partial charge in [-0.2, -0.15) is 0 Å². The van der Waals surface area contributed by atoms with Crippen LogP contribution in [0.25, 0.3) is 0 Å². The molecule has 0 radical (unpaired) electrons. The Kier molecular flexibility index (Phi) is 6.06. The molecule has 0 spiro atoms. The van der Waals surface area contributed by atoms with E-state index in [2.05, 4.69) is 0 Å². The topological polar surface area (TPSA) is 29.5 Å². The quantitative estimate of drug-likeness (QED) is 0.622. The minimum atomic E-state index is -3.13. The van der Waals surface area contributed by atoms with Crippen molar-refractivity contribution in [3.05, 3.63) is 71.8 Å². The SMILES string of the molecule is Cl.[2H]C([2H])([2H])C([2H])([2H])C(=O)O[C@](Cc1ccccc1)(c1ccccc1)[C@H](C)CN(C)C. The van der Waals surface area contributed by atoms with Gasteiger partial charge in [0, 0.05) is 32.1 Å². The van der Waals surface area contributed by atoms with Crippen molar-refractivity contribution in [1.29, 1.82) is 0 Å². The van der Waals surface area contributed by atoms with Crippen molar-refractivity contribution in [3.63, 3.8) is 0 Å². The van der Waals surface area contributed by atoms with Gasteiger partial charge in [0.15, 0.2) is 0 Å². The van der Waals surface area contributed by atoms with Crippen molar-refractivity contribution in [3.8, 4) is 0 Å². The average molecular weight is 381 g/mol. The van der Waals surface area contributed by atoms with E-state index in [-0.39, 0.29) is 24.7 Å². The fourth-order valence-electron chi connectivity index (χ4n) is 3.26. The van der Waals surface area contributed by atoms with Crippen LogP contribution in [0.4, 0.5) is 0 Å². The number of hydrogen-bond donors (Lipinski definition) is 0. The number of carbonyl (C=O) groups excluding carboxylic acids is 1. The van der Waals surface area contributed by atoms with Crippen LogP contribution in [0.3, 0.4) is 0 Å². The molecule has 2 aromatic rings. The molecule has 142 valence electrons. The number of halogens is 1. The van der Waals surface area contributed by atoms with Crippen molar-refractivity contribution >= 4 is 18.4 Å². The second-order valence-electron chi connectivity index (χ2n) is 6.60. The van der Waals surface area contributed by atoms with Gasteiger partial charge in [-0.05, 0) is 25.2 Å². The Morgan fingerprint density at radius 1 is 1.15 bits per heavy atom. The molecule has 0 aliphatic heterocycles. The molecule has 2 aromatic carbocycles. The normalized spacial score (nSPS) is 18.1. The van der Waals surface area contributed by atoms with Gasteiger partial charge in [0.2, 0.25) is 0 Å². The Morgan fingerprint density at radius 3 is 2.27 bits per heavy atom. The number of benzene rings is 2. The zero-order chi connectivity index (χ0) is 22.6. The summed E-state index contributed by atoms with van der Waals surface area (Å²) >= 11 is 0. The number of esters is 1. The van der Waals surface area contributed by atoms with E-state index in [9.17, 15) is 4.79 Å². The van der Waals surface area contributed by atoms with Crippen LogP contribution in [0.15, 0.2) is 60.7 Å². The van der Waals surface area contributed by atoms with Crippen molar-refractivity contribution in [2.24, 2.45) is 5.92 Å². The van der Waals surface area contributed by atoms with E-state index in [0.717, 1.165) is 5.56 Å². The standard InChI is InChI=1S/C22H29NO2.ClH/c1-5-21(24)25-22(18(2)17-23(3)4,20-14-10-7-11-15-20)16-19-12-8-6-9-13-19;/h6-15,18H,5,16-17H2,1-4H3;1H/t18-,22+;/m1./s1/i1D3,5D2;. The highest BCUT2D eigenvalue weighted by Gasteiger charge is 2.42. The maximum Gasteiger partial charge on any atom is 0.306 e. The van der Waals surface area contributed by atoms with E-state index in [1.165, 1.54) is 0 Å². The lowest BCUT2D eigenvalue weighted by molar-refractivity contribution is -0.168. The average Bonchev–Trinajstić information content (AvgIpc) is 2.67. The Bertz CT molecular complexity index is 831. The molecular formula is C22H30ClNO2. The van der Waals surface area contributed by atoms with Gasteiger partial charge in [-0.25, -0.2) is 0 Å². The first-order valence-electron chi connectivity index (χ1n) is 10.9. The lowest BCUT2D eigenvalue weighted by atomic mass is 9.77. The number of rotatable bonds is 8. The van der Waals surface area contributed by atoms with Gasteiger partial charge in [-0.1, -0.05) is 74.4 Å². The molecule has 26 heavy (non-hydrogen) atoms. The van der Waals surface area contributed by atoms with Gasteiger partial charge < -0.3 is 9.64 Å². The summed E-state index contributed by atoms with van der Waals surface area (Å²) in [6.45, 7) is -0.663. The Hall–Kier alpha value is -1.84. The minimum Gasteiger partial charge on any atom is -0.453 e. The summed E-state index contributed by atoms with van der Waals surface area (Å²) in [5, 5.41) is 0. The molecule has 0 N–H and O–H groups in total. The first kappa shape index (κ1) is 15.2. The molecular weight excluding hydrogens is 346 g/mol. The second kappa shape index (κ2) is 10.3. The van der Waals surface area contributed by atoms with Crippen LogP contribution in [0, 0.1) is 5.92 Å². The molecule has 0 aliphatic rings. The lowest BCUT2D eigenvalue weighted by Gasteiger charge is -2.40. The number of ether oxygens (including phenoxy) is 1. The summed E-state index contributed by atoms with van der Waals surface area (Å²) in [5.41, 5.74) is 0.342. The Morgan fingerprint density at radius 2 is 1.73 bits per heavy atom. The Balaban J connectivity index is 0.00000480. The van der Waals surface area contributed by atoms with E-state index < -0.39 is 24.8 Å². The molecule has 4 heteroatoms. The first-order valence-corrected chi connectivity index (χ1v) is 8.38. The maximum absolute atomic E-state index is 12.9. The molecule has 0 unspecified atom stereocenters. The maximum atomic E-state index is 12.9. The summed E-state index contributed by atoms with van der Waals surface area (Å²) in [4.78, 5) is 14.9. The summed E-state index contributed by atoms with van der Waals surface area (Å²) in [6, 6.07) is 18.6. The summed E-state index contributed by atoms with van der Waals surface area (Å²) < 4.78 is 44.1. The zero-order valence-electron chi connectivity index (χ0n) is 20.4. The van der Waals surface area contributed by atoms with Gasteiger partial charge in [0.1, 0.15) is 5.60 Å². The van der Waals surface area contributed by atoms with Crippen molar-refractivity contribution in [1.82, 2.24) is 4.90 Å². The summed E-state index contributed by atoms with van der Waals surface area (Å²) in [7, 11) is 3.80. The second-order valence-corrected chi connectivity index (χ2v) is 6.60. The van der Waals surface area contributed by atoms with Crippen LogP contribution >= 0.6 is 12.4 Å². The van der Waals surface area contributed by atoms with E-state index in [1.807, 2.05) is 86.6 Å². The molecule has 0 amide bonds. The molecule has 0 heterocycles. The minimum absolute atomic E-state index is 0. The monoisotopic (exact) mass is 380 g/mol. The third-order valence-electron chi connectivity index (χ3n) is 4.38. The van der Waals surface area contributed by atoms with Crippen LogP contribution in [0.5, 0.6) is 0 Å². The summed E-state index contributed by atoms with van der Waals surface area (Å²) in [5.74, 6) is -1.64. The van der Waals surface area contributed by atoms with Crippen LogP contribution in [0.1, 0.15) is 38.1 Å². The van der Waals surface area contributed by atoms with Crippen LogP contribution in [-0.4, -0.2) is 31.5 Å². The number of carbonyl (C=O) groups is 1. The number of hydrogen-bond acceptors (Lipinski definition) is 3. The highest BCUT2D eigenvalue weighted by atomic mass is 35.5. The largest absolute Gasteiger partial charge is 0.453 e. The van der Waals surface area contributed by atoms with E-state index >= 15 is 0 Å². The van der Waals surface area contributed by atoms with Gasteiger partial charge >= 0.3 is 5.97 Å². The fraction of sp³-hybridized carbons (Fsp3) is 0.409. The van der Waals surface area contributed by atoms with Crippen molar-refractivity contribution in [2.75, 3.05) is 20.6 Å². The van der Waals surface area contributed by atoms with Crippen molar-refractivity contribution in [2.45, 2.75) is 32.2 Å². The lowest BCUT2D eigenvalue weighted by Crippen LogP contribution is -2.44. The van der Waals surface area contributed by atoms with Gasteiger partial charge in [0.05, 0.1) is 0 Å². The molecule has 0 bridgehead atoms. The van der Waals surface area contributed by atoms with Gasteiger partial charge in [-0.3, -0.25) is 4.79 Å².